The smallest absolute Gasteiger partial charge is 0.229 e. The van der Waals surface area contributed by atoms with E-state index in [0.29, 0.717) is 30.5 Å². The number of thioether (sulfide) groups is 1. The van der Waals surface area contributed by atoms with E-state index in [4.69, 9.17) is 9.72 Å². The van der Waals surface area contributed by atoms with Crippen LogP contribution in [-0.4, -0.2) is 28.2 Å². The third-order valence-electron chi connectivity index (χ3n) is 4.85. The van der Waals surface area contributed by atoms with Gasteiger partial charge in [-0.3, -0.25) is 14.7 Å². The summed E-state index contributed by atoms with van der Waals surface area (Å²) < 4.78 is 6.74. The molecule has 2 aromatic carbocycles. The van der Waals surface area contributed by atoms with Gasteiger partial charge in [0, 0.05) is 23.3 Å². The molecule has 0 bridgehead atoms. The van der Waals surface area contributed by atoms with E-state index in [1.165, 1.54) is 21.8 Å². The number of rotatable bonds is 9. The van der Waals surface area contributed by atoms with Crippen molar-refractivity contribution >= 4 is 44.4 Å². The van der Waals surface area contributed by atoms with Gasteiger partial charge in [-0.25, -0.2) is 4.98 Å². The normalized spacial score (nSPS) is 10.9. The maximum atomic E-state index is 13.3. The predicted molar refractivity (Wildman–Crippen MR) is 133 cm³/mol. The minimum atomic E-state index is 0.0345. The summed E-state index contributed by atoms with van der Waals surface area (Å²) in [5, 5.41) is 0.670. The van der Waals surface area contributed by atoms with Crippen LogP contribution in [0.1, 0.15) is 24.6 Å². The zero-order chi connectivity index (χ0) is 22.3. The SMILES string of the molecule is CCOc1cccc2sc(N(Cc3ccccn3)C(=O)CCSc3ccc(C)cc3)nc12. The van der Waals surface area contributed by atoms with Crippen molar-refractivity contribution in [2.45, 2.75) is 31.7 Å². The summed E-state index contributed by atoms with van der Waals surface area (Å²) in [7, 11) is 0. The molecule has 0 unspecified atom stereocenters. The Bertz CT molecular complexity index is 1180. The van der Waals surface area contributed by atoms with E-state index in [9.17, 15) is 4.79 Å². The molecule has 2 aromatic heterocycles. The first-order valence-electron chi connectivity index (χ1n) is 10.6. The van der Waals surface area contributed by atoms with Crippen molar-refractivity contribution in [3.8, 4) is 5.75 Å². The van der Waals surface area contributed by atoms with Gasteiger partial charge in [0.15, 0.2) is 5.13 Å². The third-order valence-corrected chi connectivity index (χ3v) is 6.91. The fourth-order valence-corrected chi connectivity index (χ4v) is 5.08. The van der Waals surface area contributed by atoms with Gasteiger partial charge < -0.3 is 4.74 Å². The fourth-order valence-electron chi connectivity index (χ4n) is 3.24. The number of pyridine rings is 1. The Morgan fingerprint density at radius 3 is 2.69 bits per heavy atom. The van der Waals surface area contributed by atoms with Crippen LogP contribution in [0.5, 0.6) is 5.75 Å². The molecule has 7 heteroatoms. The summed E-state index contributed by atoms with van der Waals surface area (Å²) in [5.74, 6) is 1.48. The molecule has 0 saturated heterocycles. The number of benzene rings is 2. The number of ether oxygens (including phenoxy) is 1. The largest absolute Gasteiger partial charge is 0.492 e. The summed E-state index contributed by atoms with van der Waals surface area (Å²) in [4.78, 5) is 25.4. The van der Waals surface area contributed by atoms with Crippen LogP contribution < -0.4 is 9.64 Å². The highest BCUT2D eigenvalue weighted by atomic mass is 32.2. The molecule has 0 radical (unpaired) electrons. The van der Waals surface area contributed by atoms with Gasteiger partial charge in [-0.2, -0.15) is 0 Å². The second kappa shape index (κ2) is 10.6. The van der Waals surface area contributed by atoms with Crippen molar-refractivity contribution in [2.75, 3.05) is 17.3 Å². The van der Waals surface area contributed by atoms with Gasteiger partial charge in [0.05, 0.1) is 23.5 Å². The lowest BCUT2D eigenvalue weighted by Gasteiger charge is -2.19. The number of aryl methyl sites for hydroxylation is 1. The summed E-state index contributed by atoms with van der Waals surface area (Å²) >= 11 is 3.19. The molecule has 0 saturated carbocycles. The molecular formula is C25H25N3O2S2. The molecule has 0 fully saturated rings. The molecule has 32 heavy (non-hydrogen) atoms. The zero-order valence-electron chi connectivity index (χ0n) is 18.2. The molecule has 4 aromatic rings. The second-order valence-corrected chi connectivity index (χ2v) is 9.42. The summed E-state index contributed by atoms with van der Waals surface area (Å²) in [6, 6.07) is 20.0. The molecule has 0 N–H and O–H groups in total. The molecule has 0 atom stereocenters. The van der Waals surface area contributed by atoms with Gasteiger partial charge in [-0.1, -0.05) is 41.2 Å². The lowest BCUT2D eigenvalue weighted by Crippen LogP contribution is -2.30. The van der Waals surface area contributed by atoms with Crippen LogP contribution in [0.25, 0.3) is 10.2 Å². The molecule has 0 aliphatic carbocycles. The molecule has 0 aliphatic rings. The fraction of sp³-hybridized carbons (Fsp3) is 0.240. The first-order valence-corrected chi connectivity index (χ1v) is 12.4. The molecule has 164 valence electrons. The number of aromatic nitrogens is 2. The van der Waals surface area contributed by atoms with Crippen molar-refractivity contribution in [3.05, 3.63) is 78.1 Å². The van der Waals surface area contributed by atoms with Crippen LogP contribution in [0.2, 0.25) is 0 Å². The molecule has 0 aliphatic heterocycles. The Morgan fingerprint density at radius 1 is 1.09 bits per heavy atom. The van der Waals surface area contributed by atoms with E-state index in [1.54, 1.807) is 22.9 Å². The number of hydrogen-bond acceptors (Lipinski definition) is 6. The van der Waals surface area contributed by atoms with Gasteiger partial charge in [0.25, 0.3) is 0 Å². The predicted octanol–water partition coefficient (Wildman–Crippen LogP) is 6.11. The van der Waals surface area contributed by atoms with Gasteiger partial charge in [0.1, 0.15) is 11.3 Å². The highest BCUT2D eigenvalue weighted by Gasteiger charge is 2.21. The molecular weight excluding hydrogens is 438 g/mol. The number of carbonyl (C=O) groups is 1. The molecule has 1 amide bonds. The second-order valence-electron chi connectivity index (χ2n) is 7.24. The van der Waals surface area contributed by atoms with Gasteiger partial charge in [0.2, 0.25) is 5.91 Å². The summed E-state index contributed by atoms with van der Waals surface area (Å²) in [5.41, 5.74) is 2.85. The van der Waals surface area contributed by atoms with Crippen LogP contribution in [0.3, 0.4) is 0 Å². The summed E-state index contributed by atoms with van der Waals surface area (Å²) in [6.07, 6.45) is 2.16. The van der Waals surface area contributed by atoms with E-state index in [-0.39, 0.29) is 5.91 Å². The third kappa shape index (κ3) is 5.47. The van der Waals surface area contributed by atoms with Crippen molar-refractivity contribution in [3.63, 3.8) is 0 Å². The number of para-hydroxylation sites is 1. The van der Waals surface area contributed by atoms with E-state index in [2.05, 4.69) is 36.2 Å². The first-order chi connectivity index (χ1) is 15.6. The van der Waals surface area contributed by atoms with E-state index in [1.807, 2.05) is 43.3 Å². The Labute approximate surface area is 196 Å². The highest BCUT2D eigenvalue weighted by Crippen LogP contribution is 2.35. The maximum Gasteiger partial charge on any atom is 0.229 e. The minimum absolute atomic E-state index is 0.0345. The maximum absolute atomic E-state index is 13.3. The topological polar surface area (TPSA) is 55.3 Å². The average molecular weight is 464 g/mol. The molecule has 0 spiro atoms. The average Bonchev–Trinajstić information content (AvgIpc) is 3.24. The van der Waals surface area contributed by atoms with Crippen molar-refractivity contribution in [1.29, 1.82) is 0 Å². The lowest BCUT2D eigenvalue weighted by atomic mass is 10.2. The Morgan fingerprint density at radius 2 is 1.94 bits per heavy atom. The van der Waals surface area contributed by atoms with Crippen molar-refractivity contribution in [2.24, 2.45) is 0 Å². The van der Waals surface area contributed by atoms with Crippen LogP contribution in [-0.2, 0) is 11.3 Å². The van der Waals surface area contributed by atoms with Gasteiger partial charge >= 0.3 is 0 Å². The number of anilines is 1. The number of carbonyl (C=O) groups excluding carboxylic acids is 1. The van der Waals surface area contributed by atoms with Crippen LogP contribution >= 0.6 is 23.1 Å². The van der Waals surface area contributed by atoms with E-state index >= 15 is 0 Å². The number of amides is 1. The standard InChI is InChI=1S/C25H25N3O2S2/c1-3-30-21-8-6-9-22-24(21)27-25(32-22)28(17-19-7-4-5-15-26-19)23(29)14-16-31-20-12-10-18(2)11-13-20/h4-13,15H,3,14,16-17H2,1-2H3. The summed E-state index contributed by atoms with van der Waals surface area (Å²) in [6.45, 7) is 4.98. The van der Waals surface area contributed by atoms with E-state index < -0.39 is 0 Å². The van der Waals surface area contributed by atoms with Crippen molar-refractivity contribution < 1.29 is 9.53 Å². The van der Waals surface area contributed by atoms with Crippen LogP contribution in [0, 0.1) is 6.92 Å². The Balaban J connectivity index is 1.55. The quantitative estimate of drug-likeness (QED) is 0.280. The van der Waals surface area contributed by atoms with Crippen molar-refractivity contribution in [1.82, 2.24) is 9.97 Å². The molecule has 5 nitrogen and oxygen atoms in total. The Kier molecular flexibility index (Phi) is 7.39. The van der Waals surface area contributed by atoms with Gasteiger partial charge in [-0.15, -0.1) is 11.8 Å². The molecule has 4 rings (SSSR count). The number of hydrogen-bond donors (Lipinski definition) is 0. The molecule has 2 heterocycles. The minimum Gasteiger partial charge on any atom is -0.492 e. The monoisotopic (exact) mass is 463 g/mol. The Hall–Kier alpha value is -2.90. The number of fused-ring (bicyclic) bond motifs is 1. The zero-order valence-corrected chi connectivity index (χ0v) is 19.8. The number of thiazole rings is 1. The van der Waals surface area contributed by atoms with E-state index in [0.717, 1.165) is 21.7 Å². The van der Waals surface area contributed by atoms with Gasteiger partial charge in [-0.05, 0) is 50.2 Å². The van der Waals surface area contributed by atoms with Crippen LogP contribution in [0.15, 0.2) is 71.8 Å². The van der Waals surface area contributed by atoms with Crippen LogP contribution in [0.4, 0.5) is 5.13 Å². The lowest BCUT2D eigenvalue weighted by molar-refractivity contribution is -0.118. The first kappa shape index (κ1) is 22.3. The highest BCUT2D eigenvalue weighted by molar-refractivity contribution is 7.99. The number of nitrogens with zero attached hydrogens (tertiary/aromatic N) is 3.